The summed E-state index contributed by atoms with van der Waals surface area (Å²) in [5.41, 5.74) is 2.93. The molecule has 0 saturated heterocycles. The largest absolute Gasteiger partial charge is 0.495 e. The average molecular weight is 208 g/mol. The van der Waals surface area contributed by atoms with Gasteiger partial charge in [-0.15, -0.1) is 0 Å². The molecule has 15 heavy (non-hydrogen) atoms. The maximum absolute atomic E-state index is 11.2. The number of rotatable bonds is 2. The summed E-state index contributed by atoms with van der Waals surface area (Å²) in [4.78, 5) is 11.2. The van der Waals surface area contributed by atoms with Crippen molar-refractivity contribution in [3.05, 3.63) is 23.3 Å². The maximum atomic E-state index is 11.2. The molecule has 0 aromatic heterocycles. The monoisotopic (exact) mass is 208 g/mol. The molecule has 0 radical (unpaired) electrons. The third kappa shape index (κ3) is 2.62. The van der Waals surface area contributed by atoms with Crippen molar-refractivity contribution in [1.82, 2.24) is 5.32 Å². The van der Waals surface area contributed by atoms with E-state index >= 15 is 0 Å². The second kappa shape index (κ2) is 4.68. The second-order valence-corrected chi connectivity index (χ2v) is 3.34. The van der Waals surface area contributed by atoms with E-state index in [1.54, 1.807) is 14.2 Å². The first-order chi connectivity index (χ1) is 7.08. The molecule has 0 bridgehead atoms. The minimum absolute atomic E-state index is 0.253. The van der Waals surface area contributed by atoms with Crippen LogP contribution in [-0.2, 0) is 0 Å². The van der Waals surface area contributed by atoms with E-state index in [1.807, 2.05) is 26.0 Å². The van der Waals surface area contributed by atoms with E-state index in [-0.39, 0.29) is 6.03 Å². The number of methoxy groups -OCH3 is 1. The van der Waals surface area contributed by atoms with Crippen molar-refractivity contribution in [3.8, 4) is 5.75 Å². The van der Waals surface area contributed by atoms with E-state index in [2.05, 4.69) is 10.6 Å². The van der Waals surface area contributed by atoms with Gasteiger partial charge < -0.3 is 15.4 Å². The second-order valence-electron chi connectivity index (χ2n) is 3.34. The van der Waals surface area contributed by atoms with Gasteiger partial charge in [-0.05, 0) is 37.1 Å². The number of nitrogens with one attached hydrogen (secondary N) is 2. The number of ether oxygens (including phenoxy) is 1. The smallest absolute Gasteiger partial charge is 0.319 e. The molecule has 0 unspecified atom stereocenters. The lowest BCUT2D eigenvalue weighted by molar-refractivity contribution is 0.254. The zero-order valence-electron chi connectivity index (χ0n) is 9.47. The Morgan fingerprint density at radius 3 is 2.40 bits per heavy atom. The Labute approximate surface area is 89.6 Å². The zero-order valence-corrected chi connectivity index (χ0v) is 9.47. The summed E-state index contributed by atoms with van der Waals surface area (Å²) in [5.74, 6) is 0.668. The van der Waals surface area contributed by atoms with Crippen molar-refractivity contribution < 1.29 is 9.53 Å². The van der Waals surface area contributed by atoms with E-state index in [0.29, 0.717) is 11.4 Å². The third-order valence-corrected chi connectivity index (χ3v) is 2.29. The number of carbonyl (C=O) groups excluding carboxylic acids is 1. The van der Waals surface area contributed by atoms with Gasteiger partial charge in [-0.2, -0.15) is 0 Å². The number of amides is 2. The van der Waals surface area contributed by atoms with E-state index in [0.717, 1.165) is 11.1 Å². The van der Waals surface area contributed by atoms with Crippen LogP contribution >= 0.6 is 0 Å². The summed E-state index contributed by atoms with van der Waals surface area (Å²) >= 11 is 0. The van der Waals surface area contributed by atoms with Crippen molar-refractivity contribution in [2.24, 2.45) is 0 Å². The standard InChI is InChI=1S/C11H16N2O2/c1-7-5-9(13-11(14)12-3)10(15-4)6-8(7)2/h5-6H,1-4H3,(H2,12,13,14). The van der Waals surface area contributed by atoms with Gasteiger partial charge in [-0.25, -0.2) is 4.79 Å². The molecule has 2 N–H and O–H groups in total. The number of carbonyl (C=O) groups is 1. The van der Waals surface area contributed by atoms with Crippen LogP contribution < -0.4 is 15.4 Å². The molecule has 82 valence electrons. The molecule has 0 fully saturated rings. The highest BCUT2D eigenvalue weighted by atomic mass is 16.5. The molecular formula is C11H16N2O2. The van der Waals surface area contributed by atoms with Crippen LogP contribution in [0.3, 0.4) is 0 Å². The van der Waals surface area contributed by atoms with Crippen LogP contribution in [0.1, 0.15) is 11.1 Å². The Balaban J connectivity index is 3.05. The third-order valence-electron chi connectivity index (χ3n) is 2.29. The molecule has 1 aromatic rings. The van der Waals surface area contributed by atoms with Crippen LogP contribution in [0, 0.1) is 13.8 Å². The molecule has 0 spiro atoms. The summed E-state index contributed by atoms with van der Waals surface area (Å²) in [5, 5.41) is 5.20. The lowest BCUT2D eigenvalue weighted by Gasteiger charge is -2.12. The van der Waals surface area contributed by atoms with Gasteiger partial charge in [0.25, 0.3) is 0 Å². The molecule has 2 amide bonds. The summed E-state index contributed by atoms with van der Waals surface area (Å²) in [6, 6.07) is 3.54. The first-order valence-corrected chi connectivity index (χ1v) is 4.72. The molecule has 0 aliphatic rings. The first kappa shape index (κ1) is 11.4. The summed E-state index contributed by atoms with van der Waals surface area (Å²) in [6.45, 7) is 3.99. The lowest BCUT2D eigenvalue weighted by atomic mass is 10.1. The minimum Gasteiger partial charge on any atom is -0.495 e. The Bertz CT molecular complexity index is 375. The molecule has 4 heteroatoms. The Kier molecular flexibility index (Phi) is 3.55. The predicted molar refractivity (Wildman–Crippen MR) is 60.5 cm³/mol. The molecule has 0 heterocycles. The number of hydrogen-bond donors (Lipinski definition) is 2. The van der Waals surface area contributed by atoms with Crippen LogP contribution in [0.15, 0.2) is 12.1 Å². The van der Waals surface area contributed by atoms with Gasteiger partial charge in [0, 0.05) is 7.05 Å². The summed E-state index contributed by atoms with van der Waals surface area (Å²) < 4.78 is 5.18. The van der Waals surface area contributed by atoms with Gasteiger partial charge >= 0.3 is 6.03 Å². The molecule has 1 rings (SSSR count). The number of benzene rings is 1. The van der Waals surface area contributed by atoms with Gasteiger partial charge in [0.2, 0.25) is 0 Å². The van der Waals surface area contributed by atoms with Crippen LogP contribution in [0.2, 0.25) is 0 Å². The minimum atomic E-state index is -0.253. The quantitative estimate of drug-likeness (QED) is 0.781. The molecule has 1 aromatic carbocycles. The van der Waals surface area contributed by atoms with Crippen molar-refractivity contribution in [2.45, 2.75) is 13.8 Å². The SMILES string of the molecule is CNC(=O)Nc1cc(C)c(C)cc1OC. The van der Waals surface area contributed by atoms with Crippen LogP contribution in [-0.4, -0.2) is 20.2 Å². The summed E-state index contributed by atoms with van der Waals surface area (Å²) in [6.07, 6.45) is 0. The van der Waals surface area contributed by atoms with Crippen molar-refractivity contribution in [3.63, 3.8) is 0 Å². The zero-order chi connectivity index (χ0) is 11.4. The molecule has 0 atom stereocenters. The molecule has 0 saturated carbocycles. The topological polar surface area (TPSA) is 50.4 Å². The number of anilines is 1. The van der Waals surface area contributed by atoms with Crippen molar-refractivity contribution in [2.75, 3.05) is 19.5 Å². The molecule has 4 nitrogen and oxygen atoms in total. The van der Waals surface area contributed by atoms with Gasteiger partial charge in [-0.3, -0.25) is 0 Å². The van der Waals surface area contributed by atoms with Gasteiger partial charge in [0.05, 0.1) is 12.8 Å². The van der Waals surface area contributed by atoms with E-state index in [1.165, 1.54) is 0 Å². The highest BCUT2D eigenvalue weighted by Crippen LogP contribution is 2.27. The molecule has 0 aliphatic heterocycles. The Hall–Kier alpha value is -1.71. The maximum Gasteiger partial charge on any atom is 0.319 e. The van der Waals surface area contributed by atoms with Crippen LogP contribution in [0.25, 0.3) is 0 Å². The number of urea groups is 1. The summed E-state index contributed by atoms with van der Waals surface area (Å²) in [7, 11) is 3.15. The van der Waals surface area contributed by atoms with Crippen molar-refractivity contribution >= 4 is 11.7 Å². The van der Waals surface area contributed by atoms with Crippen molar-refractivity contribution in [1.29, 1.82) is 0 Å². The Morgan fingerprint density at radius 2 is 1.87 bits per heavy atom. The van der Waals surface area contributed by atoms with Gasteiger partial charge in [-0.1, -0.05) is 0 Å². The van der Waals surface area contributed by atoms with Gasteiger partial charge in [0.1, 0.15) is 5.75 Å². The van der Waals surface area contributed by atoms with E-state index in [9.17, 15) is 4.79 Å². The van der Waals surface area contributed by atoms with E-state index < -0.39 is 0 Å². The normalized spacial score (nSPS) is 9.60. The molecular weight excluding hydrogens is 192 g/mol. The van der Waals surface area contributed by atoms with E-state index in [4.69, 9.17) is 4.74 Å². The van der Waals surface area contributed by atoms with Crippen LogP contribution in [0.5, 0.6) is 5.75 Å². The Morgan fingerprint density at radius 1 is 1.27 bits per heavy atom. The fourth-order valence-electron chi connectivity index (χ4n) is 1.24. The fraction of sp³-hybridized carbons (Fsp3) is 0.364. The van der Waals surface area contributed by atoms with Crippen LogP contribution in [0.4, 0.5) is 10.5 Å². The highest BCUT2D eigenvalue weighted by molar-refractivity contribution is 5.90. The molecule has 0 aliphatic carbocycles. The fourth-order valence-corrected chi connectivity index (χ4v) is 1.24. The predicted octanol–water partition coefficient (Wildman–Crippen LogP) is 2.06. The van der Waals surface area contributed by atoms with Gasteiger partial charge in [0.15, 0.2) is 0 Å². The number of aryl methyl sites for hydroxylation is 2. The number of hydrogen-bond acceptors (Lipinski definition) is 2. The lowest BCUT2D eigenvalue weighted by Crippen LogP contribution is -2.24. The average Bonchev–Trinajstić information content (AvgIpc) is 2.22. The highest BCUT2D eigenvalue weighted by Gasteiger charge is 2.07. The first-order valence-electron chi connectivity index (χ1n) is 4.72.